The zero-order chi connectivity index (χ0) is 25.2. The van der Waals surface area contributed by atoms with E-state index in [4.69, 9.17) is 5.11 Å². The van der Waals surface area contributed by atoms with Crippen molar-refractivity contribution in [1.29, 1.82) is 0 Å². The van der Waals surface area contributed by atoms with E-state index in [0.717, 1.165) is 0 Å². The van der Waals surface area contributed by atoms with Gasteiger partial charge in [0.05, 0.1) is 6.61 Å². The summed E-state index contributed by atoms with van der Waals surface area (Å²) >= 11 is 0. The van der Waals surface area contributed by atoms with Crippen LogP contribution in [-0.2, 0) is 10.0 Å². The molecule has 0 spiro atoms. The van der Waals surface area contributed by atoms with E-state index in [1.807, 2.05) is 0 Å². The van der Waals surface area contributed by atoms with E-state index >= 15 is 0 Å². The maximum atomic E-state index is 13.7. The van der Waals surface area contributed by atoms with Gasteiger partial charge in [0.2, 0.25) is 10.0 Å². The molecule has 9 nitrogen and oxygen atoms in total. The number of aliphatic hydroxyl groups is 1. The number of nitrogens with zero attached hydrogens (tertiary/aromatic N) is 3. The second-order valence-corrected chi connectivity index (χ2v) is 10.5. The lowest BCUT2D eigenvalue weighted by Gasteiger charge is -2.33. The van der Waals surface area contributed by atoms with Gasteiger partial charge >= 0.3 is 0 Å². The lowest BCUT2D eigenvalue weighted by molar-refractivity contribution is -0.0221. The number of amides is 1. The highest BCUT2D eigenvalue weighted by Crippen LogP contribution is 2.33. The molecule has 35 heavy (non-hydrogen) atoms. The molecule has 1 aliphatic heterocycles. The van der Waals surface area contributed by atoms with Crippen LogP contribution in [0.1, 0.15) is 30.1 Å². The Hall–Kier alpha value is -3.38. The molecule has 0 saturated carbocycles. The van der Waals surface area contributed by atoms with E-state index in [0.29, 0.717) is 16.7 Å². The van der Waals surface area contributed by atoms with Crippen molar-refractivity contribution in [2.75, 3.05) is 34.6 Å². The maximum Gasteiger partial charge on any atom is 0.256 e. The van der Waals surface area contributed by atoms with Crippen molar-refractivity contribution in [2.45, 2.75) is 30.9 Å². The monoisotopic (exact) mass is 505 g/mol. The summed E-state index contributed by atoms with van der Waals surface area (Å²) in [5.41, 5.74) is 1.07. The number of rotatable bonds is 7. The number of pyridine rings is 2. The molecule has 1 unspecified atom stereocenters. The summed E-state index contributed by atoms with van der Waals surface area (Å²) in [5, 5.41) is 11.5. The van der Waals surface area contributed by atoms with Gasteiger partial charge in [-0.15, -0.1) is 0 Å². The first kappa shape index (κ1) is 24.7. The quantitative estimate of drug-likeness (QED) is 0.450. The molecule has 0 bridgehead atoms. The molecule has 1 amide bonds. The third-order valence-corrected chi connectivity index (χ3v) is 7.53. The first-order valence-electron chi connectivity index (χ1n) is 11.0. The summed E-state index contributed by atoms with van der Waals surface area (Å²) in [5.74, 6) is -2.52. The number of anilines is 3. The van der Waals surface area contributed by atoms with Crippen LogP contribution < -0.4 is 14.9 Å². The minimum Gasteiger partial charge on any atom is -0.395 e. The summed E-state index contributed by atoms with van der Waals surface area (Å²) < 4.78 is 53.8. The predicted molar refractivity (Wildman–Crippen MR) is 129 cm³/mol. The van der Waals surface area contributed by atoms with Crippen LogP contribution in [-0.4, -0.2) is 60.3 Å². The lowest BCUT2D eigenvalue weighted by atomic mass is 10.1. The summed E-state index contributed by atoms with van der Waals surface area (Å²) in [6.07, 6.45) is 1.03. The number of alkyl halides is 2. The molecule has 1 aromatic carbocycles. The van der Waals surface area contributed by atoms with Gasteiger partial charge in [0.15, 0.2) is 5.82 Å². The average molecular weight is 506 g/mol. The topological polar surface area (TPSA) is 125 Å². The number of carbonyl (C=O) groups excluding carboxylic acids is 1. The molecule has 1 aliphatic rings. The zero-order valence-electron chi connectivity index (χ0n) is 18.9. The van der Waals surface area contributed by atoms with Crippen molar-refractivity contribution >= 4 is 44.2 Å². The number of benzene rings is 1. The SMILES string of the molecule is CC(CO)S(=O)(=O)Nc1ccc(C(=O)Nc2cc3cccnc3c(N3CCC(F)(F)CC3)n2)cc1. The van der Waals surface area contributed by atoms with E-state index in [2.05, 4.69) is 20.0 Å². The molecule has 1 atom stereocenters. The van der Waals surface area contributed by atoms with Gasteiger partial charge < -0.3 is 15.3 Å². The molecule has 1 saturated heterocycles. The fourth-order valence-electron chi connectivity index (χ4n) is 3.64. The fourth-order valence-corrected chi connectivity index (χ4v) is 4.50. The average Bonchev–Trinajstić information content (AvgIpc) is 2.83. The molecule has 0 radical (unpaired) electrons. The van der Waals surface area contributed by atoms with Gasteiger partial charge in [-0.2, -0.15) is 0 Å². The Bertz CT molecular complexity index is 1330. The summed E-state index contributed by atoms with van der Waals surface area (Å²) in [6, 6.07) is 11.0. The van der Waals surface area contributed by atoms with Gasteiger partial charge in [-0.05, 0) is 43.3 Å². The van der Waals surface area contributed by atoms with Crippen LogP contribution in [0.5, 0.6) is 0 Å². The van der Waals surface area contributed by atoms with Crippen LogP contribution in [0.3, 0.4) is 0 Å². The predicted octanol–water partition coefficient (Wildman–Crippen LogP) is 3.24. The van der Waals surface area contributed by atoms with Crippen molar-refractivity contribution in [3.05, 3.63) is 54.2 Å². The van der Waals surface area contributed by atoms with E-state index in [1.165, 1.54) is 31.2 Å². The van der Waals surface area contributed by atoms with Crippen molar-refractivity contribution in [2.24, 2.45) is 0 Å². The molecule has 186 valence electrons. The van der Waals surface area contributed by atoms with Crippen LogP contribution in [0.4, 0.5) is 26.1 Å². The van der Waals surface area contributed by atoms with Crippen molar-refractivity contribution in [3.8, 4) is 0 Å². The Morgan fingerprint density at radius 2 is 1.89 bits per heavy atom. The van der Waals surface area contributed by atoms with E-state index in [1.54, 1.807) is 29.3 Å². The maximum absolute atomic E-state index is 13.7. The van der Waals surface area contributed by atoms with Gasteiger partial charge in [-0.25, -0.2) is 22.2 Å². The highest BCUT2D eigenvalue weighted by Gasteiger charge is 2.35. The number of halogens is 2. The highest BCUT2D eigenvalue weighted by atomic mass is 32.2. The lowest BCUT2D eigenvalue weighted by Crippen LogP contribution is -2.40. The van der Waals surface area contributed by atoms with Crippen LogP contribution in [0.25, 0.3) is 10.9 Å². The Morgan fingerprint density at radius 1 is 1.20 bits per heavy atom. The molecule has 12 heteroatoms. The normalized spacial score (nSPS) is 16.6. The van der Waals surface area contributed by atoms with Gasteiger partial charge in [-0.3, -0.25) is 14.5 Å². The van der Waals surface area contributed by atoms with E-state index in [-0.39, 0.29) is 43.0 Å². The molecule has 3 N–H and O–H groups in total. The summed E-state index contributed by atoms with van der Waals surface area (Å²) in [7, 11) is -3.76. The van der Waals surface area contributed by atoms with Gasteiger partial charge in [0.25, 0.3) is 11.8 Å². The number of fused-ring (bicyclic) bond motifs is 1. The molecule has 3 heterocycles. The van der Waals surface area contributed by atoms with Crippen LogP contribution >= 0.6 is 0 Å². The van der Waals surface area contributed by atoms with Crippen LogP contribution in [0.15, 0.2) is 48.7 Å². The Morgan fingerprint density at radius 3 is 2.54 bits per heavy atom. The smallest absolute Gasteiger partial charge is 0.256 e. The van der Waals surface area contributed by atoms with Gasteiger partial charge in [0, 0.05) is 48.8 Å². The second kappa shape index (κ2) is 9.70. The minimum atomic E-state index is -3.76. The number of piperidine rings is 1. The Kier molecular flexibility index (Phi) is 6.86. The number of aliphatic hydroxyl groups excluding tert-OH is 1. The zero-order valence-corrected chi connectivity index (χ0v) is 19.7. The molecule has 1 fully saturated rings. The van der Waals surface area contributed by atoms with E-state index in [9.17, 15) is 22.0 Å². The molecule has 0 aliphatic carbocycles. The Labute approximate surface area is 201 Å². The second-order valence-electron chi connectivity index (χ2n) is 8.42. The minimum absolute atomic E-state index is 0.120. The number of sulfonamides is 1. The standard InChI is InChI=1S/C23H25F2N5O4S/c1-15(14-31)35(33,34)29-18-6-4-16(5-7-18)22(32)28-19-13-17-3-2-10-26-20(17)21(27-19)30-11-8-23(24,25)9-12-30/h2-7,10,13,15,29,31H,8-9,11-12,14H2,1H3,(H,27,28,32). The van der Waals surface area contributed by atoms with Gasteiger partial charge in [0.1, 0.15) is 16.6 Å². The molecule has 3 aromatic rings. The van der Waals surface area contributed by atoms with Gasteiger partial charge in [-0.1, -0.05) is 6.07 Å². The molecular weight excluding hydrogens is 480 g/mol. The largest absolute Gasteiger partial charge is 0.395 e. The number of nitrogens with one attached hydrogen (secondary N) is 2. The van der Waals surface area contributed by atoms with Crippen LogP contribution in [0, 0.1) is 0 Å². The fraction of sp³-hybridized carbons (Fsp3) is 0.348. The first-order chi connectivity index (χ1) is 16.6. The third-order valence-electron chi connectivity index (χ3n) is 5.80. The molecule has 2 aromatic heterocycles. The van der Waals surface area contributed by atoms with Crippen LogP contribution in [0.2, 0.25) is 0 Å². The van der Waals surface area contributed by atoms with Crippen molar-refractivity contribution < 1.29 is 27.1 Å². The highest BCUT2D eigenvalue weighted by molar-refractivity contribution is 7.93. The molecular formula is C23H25F2N5O4S. The first-order valence-corrected chi connectivity index (χ1v) is 12.5. The third kappa shape index (κ3) is 5.65. The van der Waals surface area contributed by atoms with Crippen molar-refractivity contribution in [1.82, 2.24) is 9.97 Å². The number of hydrogen-bond donors (Lipinski definition) is 3. The molecule has 4 rings (SSSR count). The number of hydrogen-bond acceptors (Lipinski definition) is 7. The van der Waals surface area contributed by atoms with E-state index < -0.39 is 33.7 Å². The number of aromatic nitrogens is 2. The van der Waals surface area contributed by atoms with Crippen molar-refractivity contribution in [3.63, 3.8) is 0 Å². The summed E-state index contributed by atoms with van der Waals surface area (Å²) in [6.45, 7) is 1.09. The number of carbonyl (C=O) groups is 1. The summed E-state index contributed by atoms with van der Waals surface area (Å²) in [4.78, 5) is 23.4. The Balaban J connectivity index is 1.54.